The van der Waals surface area contributed by atoms with Gasteiger partial charge in [-0.25, -0.2) is 12.7 Å². The molecule has 26 heavy (non-hydrogen) atoms. The van der Waals surface area contributed by atoms with Crippen molar-refractivity contribution in [2.24, 2.45) is 5.92 Å². The number of thiophene rings is 1. The number of carbonyl (C=O) groups excluding carboxylic acids is 2. The fraction of sp³-hybridized carbons (Fsp3) is 0.647. The zero-order valence-electron chi connectivity index (χ0n) is 14.9. The molecule has 2 aliphatic rings. The molecule has 1 aromatic heterocycles. The standard InChI is InChI=1S/C17H25N3O4S2/c1-26(23,24)19-9-6-13(7-10-19)12-18-16(21)14-4-2-8-20(14)17(22)15-5-3-11-25-15/h3,5,11,13-14H,2,4,6-10,12H2,1H3,(H,18,21)/t14-/m0/s1. The molecule has 0 radical (unpaired) electrons. The maximum Gasteiger partial charge on any atom is 0.264 e. The molecule has 0 spiro atoms. The molecule has 0 saturated carbocycles. The molecule has 7 nitrogen and oxygen atoms in total. The zero-order chi connectivity index (χ0) is 18.7. The first-order valence-electron chi connectivity index (χ1n) is 8.93. The highest BCUT2D eigenvalue weighted by Gasteiger charge is 2.35. The van der Waals surface area contributed by atoms with E-state index in [9.17, 15) is 18.0 Å². The minimum absolute atomic E-state index is 0.0703. The summed E-state index contributed by atoms with van der Waals surface area (Å²) in [6, 6.07) is 3.22. The Morgan fingerprint density at radius 1 is 1.23 bits per heavy atom. The Morgan fingerprint density at radius 2 is 1.96 bits per heavy atom. The van der Waals surface area contributed by atoms with Gasteiger partial charge in [0.1, 0.15) is 6.04 Å². The number of sulfonamides is 1. The third-order valence-corrected chi connectivity index (χ3v) is 7.32. The van der Waals surface area contributed by atoms with Crippen molar-refractivity contribution in [1.82, 2.24) is 14.5 Å². The van der Waals surface area contributed by atoms with Gasteiger partial charge >= 0.3 is 0 Å². The molecule has 1 atom stereocenters. The van der Waals surface area contributed by atoms with Gasteiger partial charge in [-0.05, 0) is 43.0 Å². The van der Waals surface area contributed by atoms with E-state index in [0.29, 0.717) is 37.5 Å². The highest BCUT2D eigenvalue weighted by molar-refractivity contribution is 7.88. The van der Waals surface area contributed by atoms with Crippen molar-refractivity contribution < 1.29 is 18.0 Å². The van der Waals surface area contributed by atoms with Gasteiger partial charge in [-0.1, -0.05) is 6.07 Å². The second kappa shape index (κ2) is 8.06. The van der Waals surface area contributed by atoms with Crippen LogP contribution in [0.3, 0.4) is 0 Å². The Bertz CT molecular complexity index is 740. The highest BCUT2D eigenvalue weighted by Crippen LogP contribution is 2.23. The van der Waals surface area contributed by atoms with Crippen LogP contribution in [0.1, 0.15) is 35.4 Å². The number of rotatable bonds is 5. The molecule has 2 saturated heterocycles. The number of carbonyl (C=O) groups is 2. The largest absolute Gasteiger partial charge is 0.354 e. The van der Waals surface area contributed by atoms with Crippen LogP contribution in [0, 0.1) is 5.92 Å². The average Bonchev–Trinajstić information content (AvgIpc) is 3.30. The Hall–Kier alpha value is -1.45. The van der Waals surface area contributed by atoms with Crippen molar-refractivity contribution in [3.8, 4) is 0 Å². The van der Waals surface area contributed by atoms with Crippen LogP contribution in [0.25, 0.3) is 0 Å². The number of nitrogens with one attached hydrogen (secondary N) is 1. The molecule has 1 aromatic rings. The van der Waals surface area contributed by atoms with Crippen molar-refractivity contribution in [3.05, 3.63) is 22.4 Å². The van der Waals surface area contributed by atoms with Gasteiger partial charge in [-0.3, -0.25) is 9.59 Å². The van der Waals surface area contributed by atoms with Crippen molar-refractivity contribution in [3.63, 3.8) is 0 Å². The molecule has 0 bridgehead atoms. The maximum atomic E-state index is 12.6. The number of likely N-dealkylation sites (tertiary alicyclic amines) is 1. The van der Waals surface area contributed by atoms with E-state index in [1.807, 2.05) is 11.4 Å². The zero-order valence-corrected chi connectivity index (χ0v) is 16.5. The highest BCUT2D eigenvalue weighted by atomic mass is 32.2. The number of amides is 2. The van der Waals surface area contributed by atoms with Gasteiger partial charge in [0.25, 0.3) is 5.91 Å². The first kappa shape index (κ1) is 19.3. The molecule has 2 amide bonds. The summed E-state index contributed by atoms with van der Waals surface area (Å²) < 4.78 is 24.6. The Kier molecular flexibility index (Phi) is 5.99. The molecule has 9 heteroatoms. The quantitative estimate of drug-likeness (QED) is 0.804. The van der Waals surface area contributed by atoms with Crippen LogP contribution in [-0.4, -0.2) is 67.9 Å². The fourth-order valence-corrected chi connectivity index (χ4v) is 5.19. The van der Waals surface area contributed by atoms with E-state index in [2.05, 4.69) is 5.32 Å². The Balaban J connectivity index is 1.50. The van der Waals surface area contributed by atoms with Gasteiger partial charge in [0.2, 0.25) is 15.9 Å². The lowest BCUT2D eigenvalue weighted by Crippen LogP contribution is -2.48. The second-order valence-corrected chi connectivity index (χ2v) is 9.91. The molecule has 2 fully saturated rings. The van der Waals surface area contributed by atoms with E-state index in [-0.39, 0.29) is 17.7 Å². The number of piperidine rings is 1. The molecular formula is C17H25N3O4S2. The smallest absolute Gasteiger partial charge is 0.264 e. The summed E-state index contributed by atoms with van der Waals surface area (Å²) in [6.07, 6.45) is 4.25. The number of hydrogen-bond acceptors (Lipinski definition) is 5. The van der Waals surface area contributed by atoms with Crippen LogP contribution in [0.4, 0.5) is 0 Å². The number of hydrogen-bond donors (Lipinski definition) is 1. The monoisotopic (exact) mass is 399 g/mol. The van der Waals surface area contributed by atoms with Crippen LogP contribution < -0.4 is 5.32 Å². The van der Waals surface area contributed by atoms with Crippen LogP contribution in [0.2, 0.25) is 0 Å². The van der Waals surface area contributed by atoms with E-state index in [0.717, 1.165) is 19.3 Å². The summed E-state index contributed by atoms with van der Waals surface area (Å²) in [4.78, 5) is 27.5. The first-order valence-corrected chi connectivity index (χ1v) is 11.7. The van der Waals surface area contributed by atoms with E-state index in [1.165, 1.54) is 21.9 Å². The average molecular weight is 400 g/mol. The lowest BCUT2D eigenvalue weighted by atomic mass is 9.98. The minimum atomic E-state index is -3.13. The summed E-state index contributed by atoms with van der Waals surface area (Å²) in [5.74, 6) is 0.108. The summed E-state index contributed by atoms with van der Waals surface area (Å²) >= 11 is 1.39. The van der Waals surface area contributed by atoms with Crippen molar-refractivity contribution >= 4 is 33.2 Å². The summed E-state index contributed by atoms with van der Waals surface area (Å²) in [7, 11) is -3.13. The van der Waals surface area contributed by atoms with Gasteiger partial charge in [0, 0.05) is 26.2 Å². The molecule has 3 rings (SSSR count). The van der Waals surface area contributed by atoms with Crippen LogP contribution in [-0.2, 0) is 14.8 Å². The Labute approximate surface area is 158 Å². The number of nitrogens with zero attached hydrogens (tertiary/aromatic N) is 2. The molecule has 0 aliphatic carbocycles. The van der Waals surface area contributed by atoms with Crippen molar-refractivity contribution in [2.75, 3.05) is 32.4 Å². The fourth-order valence-electron chi connectivity index (χ4n) is 3.63. The van der Waals surface area contributed by atoms with Crippen molar-refractivity contribution in [1.29, 1.82) is 0 Å². The van der Waals surface area contributed by atoms with Gasteiger partial charge in [-0.2, -0.15) is 0 Å². The lowest BCUT2D eigenvalue weighted by molar-refractivity contribution is -0.125. The van der Waals surface area contributed by atoms with E-state index in [1.54, 1.807) is 11.0 Å². The SMILES string of the molecule is CS(=O)(=O)N1CCC(CNC(=O)[C@@H]2CCCN2C(=O)c2cccs2)CC1. The second-order valence-electron chi connectivity index (χ2n) is 6.98. The molecular weight excluding hydrogens is 374 g/mol. The van der Waals surface area contributed by atoms with Gasteiger partial charge in [0.15, 0.2) is 0 Å². The molecule has 144 valence electrons. The van der Waals surface area contributed by atoms with Gasteiger partial charge < -0.3 is 10.2 Å². The first-order chi connectivity index (χ1) is 12.4. The van der Waals surface area contributed by atoms with Crippen LogP contribution in [0.15, 0.2) is 17.5 Å². The predicted octanol–water partition coefficient (Wildman–Crippen LogP) is 1.14. The van der Waals surface area contributed by atoms with Crippen LogP contribution in [0.5, 0.6) is 0 Å². The third-order valence-electron chi connectivity index (χ3n) is 5.16. The van der Waals surface area contributed by atoms with E-state index < -0.39 is 16.1 Å². The lowest BCUT2D eigenvalue weighted by Gasteiger charge is -2.31. The summed E-state index contributed by atoms with van der Waals surface area (Å²) in [5.41, 5.74) is 0. The molecule has 0 aromatic carbocycles. The summed E-state index contributed by atoms with van der Waals surface area (Å²) in [5, 5.41) is 4.84. The third kappa shape index (κ3) is 4.44. The van der Waals surface area contributed by atoms with E-state index in [4.69, 9.17) is 0 Å². The molecule has 1 N–H and O–H groups in total. The molecule has 2 aliphatic heterocycles. The minimum Gasteiger partial charge on any atom is -0.354 e. The maximum absolute atomic E-state index is 12.6. The van der Waals surface area contributed by atoms with Crippen molar-refractivity contribution in [2.45, 2.75) is 31.7 Å². The molecule has 0 unspecified atom stereocenters. The molecule has 3 heterocycles. The Morgan fingerprint density at radius 3 is 2.58 bits per heavy atom. The van der Waals surface area contributed by atoms with Gasteiger partial charge in [-0.15, -0.1) is 11.3 Å². The topological polar surface area (TPSA) is 86.8 Å². The summed E-state index contributed by atoms with van der Waals surface area (Å²) in [6.45, 7) is 2.16. The normalized spacial score (nSPS) is 22.5. The van der Waals surface area contributed by atoms with E-state index >= 15 is 0 Å². The van der Waals surface area contributed by atoms with Gasteiger partial charge in [0.05, 0.1) is 11.1 Å². The van der Waals surface area contributed by atoms with Crippen LogP contribution >= 0.6 is 11.3 Å². The predicted molar refractivity (Wildman–Crippen MR) is 101 cm³/mol.